The van der Waals surface area contributed by atoms with Crippen LogP contribution in [0.5, 0.6) is 0 Å². The van der Waals surface area contributed by atoms with Gasteiger partial charge in [-0.2, -0.15) is 5.10 Å². The second kappa shape index (κ2) is 6.17. The van der Waals surface area contributed by atoms with Gasteiger partial charge in [-0.15, -0.1) is 0 Å². The zero-order chi connectivity index (χ0) is 16.6. The summed E-state index contributed by atoms with van der Waals surface area (Å²) in [6, 6.07) is 7.40. The summed E-state index contributed by atoms with van der Waals surface area (Å²) in [6.45, 7) is 4.58. The summed E-state index contributed by atoms with van der Waals surface area (Å²) >= 11 is 12.0. The molecule has 1 amide bonds. The minimum Gasteiger partial charge on any atom is -0.350 e. The molecule has 3 rings (SSSR count). The Morgan fingerprint density at radius 1 is 1.30 bits per heavy atom. The highest BCUT2D eigenvalue weighted by Crippen LogP contribution is 2.39. The Kier molecular flexibility index (Phi) is 4.39. The van der Waals surface area contributed by atoms with Crippen LogP contribution in [-0.4, -0.2) is 22.6 Å². The van der Waals surface area contributed by atoms with E-state index < -0.39 is 0 Å². The fourth-order valence-corrected chi connectivity index (χ4v) is 2.77. The van der Waals surface area contributed by atoms with Crippen molar-refractivity contribution in [2.24, 2.45) is 0 Å². The summed E-state index contributed by atoms with van der Waals surface area (Å²) in [7, 11) is 0. The van der Waals surface area contributed by atoms with Gasteiger partial charge in [0.15, 0.2) is 0 Å². The van der Waals surface area contributed by atoms with Gasteiger partial charge in [-0.1, -0.05) is 43.1 Å². The van der Waals surface area contributed by atoms with Gasteiger partial charge < -0.3 is 5.32 Å². The zero-order valence-corrected chi connectivity index (χ0v) is 14.6. The Bertz CT molecular complexity index is 735. The lowest BCUT2D eigenvalue weighted by Crippen LogP contribution is -2.36. The maximum absolute atomic E-state index is 12.3. The number of aromatic nitrogens is 2. The number of hydrogen-bond acceptors (Lipinski definition) is 2. The highest BCUT2D eigenvalue weighted by atomic mass is 35.5. The molecular formula is C17H19Cl2N3O. The second-order valence-electron chi connectivity index (χ2n) is 6.68. The number of nitrogens with zero attached hydrogens (tertiary/aromatic N) is 1. The van der Waals surface area contributed by atoms with Gasteiger partial charge in [0, 0.05) is 23.6 Å². The van der Waals surface area contributed by atoms with E-state index in [-0.39, 0.29) is 11.3 Å². The van der Waals surface area contributed by atoms with Crippen LogP contribution in [0, 0.1) is 0 Å². The highest BCUT2D eigenvalue weighted by Gasteiger charge is 2.27. The summed E-state index contributed by atoms with van der Waals surface area (Å²) in [6.07, 6.45) is 2.35. The SMILES string of the molecule is CC(C)(CNC(=O)c1cc(C2CC2)[nH]n1)c1ccc(Cl)c(Cl)c1. The van der Waals surface area contributed by atoms with E-state index in [1.54, 1.807) is 6.07 Å². The third-order valence-corrected chi connectivity index (χ3v) is 4.98. The van der Waals surface area contributed by atoms with Crippen molar-refractivity contribution in [3.63, 3.8) is 0 Å². The van der Waals surface area contributed by atoms with Gasteiger partial charge in [-0.25, -0.2) is 0 Å². The topological polar surface area (TPSA) is 57.8 Å². The van der Waals surface area contributed by atoms with Gasteiger partial charge in [-0.3, -0.25) is 9.89 Å². The van der Waals surface area contributed by atoms with Crippen molar-refractivity contribution >= 4 is 29.1 Å². The molecule has 6 heteroatoms. The van der Waals surface area contributed by atoms with Crippen molar-refractivity contribution in [3.05, 3.63) is 51.3 Å². The van der Waals surface area contributed by atoms with E-state index in [0.717, 1.165) is 11.3 Å². The molecule has 1 saturated carbocycles. The fourth-order valence-electron chi connectivity index (χ4n) is 2.47. The molecule has 0 unspecified atom stereocenters. The van der Waals surface area contributed by atoms with E-state index in [2.05, 4.69) is 15.5 Å². The molecule has 1 fully saturated rings. The molecule has 0 aliphatic heterocycles. The van der Waals surface area contributed by atoms with Crippen LogP contribution in [0.2, 0.25) is 10.0 Å². The van der Waals surface area contributed by atoms with Gasteiger partial charge in [0.2, 0.25) is 0 Å². The lowest BCUT2D eigenvalue weighted by molar-refractivity contribution is 0.0940. The van der Waals surface area contributed by atoms with Crippen molar-refractivity contribution < 1.29 is 4.79 Å². The fraction of sp³-hybridized carbons (Fsp3) is 0.412. The first-order valence-electron chi connectivity index (χ1n) is 7.66. The van der Waals surface area contributed by atoms with E-state index in [4.69, 9.17) is 23.2 Å². The standard InChI is InChI=1S/C17H19Cl2N3O/c1-17(2,11-5-6-12(18)13(19)7-11)9-20-16(23)15-8-14(21-22-15)10-3-4-10/h5-8,10H,3-4,9H2,1-2H3,(H,20,23)(H,21,22). The quantitative estimate of drug-likeness (QED) is 0.843. The van der Waals surface area contributed by atoms with Crippen LogP contribution in [0.1, 0.15) is 54.4 Å². The van der Waals surface area contributed by atoms with Crippen LogP contribution in [0.4, 0.5) is 0 Å². The molecule has 1 heterocycles. The molecule has 1 aromatic carbocycles. The molecule has 0 atom stereocenters. The monoisotopic (exact) mass is 351 g/mol. The summed E-state index contributed by atoms with van der Waals surface area (Å²) in [5.74, 6) is 0.387. The molecule has 23 heavy (non-hydrogen) atoms. The average Bonchev–Trinajstić information content (AvgIpc) is 3.25. The first kappa shape index (κ1) is 16.3. The molecule has 1 aromatic heterocycles. The lowest BCUT2D eigenvalue weighted by atomic mass is 9.84. The largest absolute Gasteiger partial charge is 0.350 e. The van der Waals surface area contributed by atoms with Crippen LogP contribution in [0.25, 0.3) is 0 Å². The predicted molar refractivity (Wildman–Crippen MR) is 92.4 cm³/mol. The number of benzene rings is 1. The highest BCUT2D eigenvalue weighted by molar-refractivity contribution is 6.42. The van der Waals surface area contributed by atoms with Crippen LogP contribution in [0.3, 0.4) is 0 Å². The number of nitrogens with one attached hydrogen (secondary N) is 2. The number of rotatable bonds is 5. The molecular weight excluding hydrogens is 333 g/mol. The van der Waals surface area contributed by atoms with Crippen molar-refractivity contribution in [1.29, 1.82) is 0 Å². The molecule has 1 aliphatic rings. The first-order chi connectivity index (χ1) is 10.9. The van der Waals surface area contributed by atoms with Crippen molar-refractivity contribution in [1.82, 2.24) is 15.5 Å². The van der Waals surface area contributed by atoms with Gasteiger partial charge in [-0.05, 0) is 36.6 Å². The van der Waals surface area contributed by atoms with Crippen LogP contribution in [0.15, 0.2) is 24.3 Å². The number of H-pyrrole nitrogens is 1. The minimum atomic E-state index is -0.264. The molecule has 0 spiro atoms. The number of aromatic amines is 1. The lowest BCUT2D eigenvalue weighted by Gasteiger charge is -2.26. The number of amides is 1. The Morgan fingerprint density at radius 2 is 2.04 bits per heavy atom. The first-order valence-corrected chi connectivity index (χ1v) is 8.41. The van der Waals surface area contributed by atoms with E-state index in [0.29, 0.717) is 28.2 Å². The summed E-state index contributed by atoms with van der Waals surface area (Å²) in [5.41, 5.74) is 2.25. The van der Waals surface area contributed by atoms with E-state index in [9.17, 15) is 4.79 Å². The van der Waals surface area contributed by atoms with Crippen molar-refractivity contribution in [2.45, 2.75) is 38.0 Å². The van der Waals surface area contributed by atoms with Gasteiger partial charge in [0.1, 0.15) is 5.69 Å². The third kappa shape index (κ3) is 3.70. The van der Waals surface area contributed by atoms with Crippen molar-refractivity contribution in [2.75, 3.05) is 6.54 Å². The summed E-state index contributed by atoms with van der Waals surface area (Å²) < 4.78 is 0. The normalized spacial score (nSPS) is 14.8. The smallest absolute Gasteiger partial charge is 0.271 e. The Morgan fingerprint density at radius 3 is 2.70 bits per heavy atom. The zero-order valence-electron chi connectivity index (χ0n) is 13.1. The minimum absolute atomic E-state index is 0.165. The molecule has 122 valence electrons. The van der Waals surface area contributed by atoms with Gasteiger partial charge >= 0.3 is 0 Å². The van der Waals surface area contributed by atoms with Crippen LogP contribution in [-0.2, 0) is 5.41 Å². The Labute approximate surface area is 145 Å². The average molecular weight is 352 g/mol. The van der Waals surface area contributed by atoms with E-state index in [1.165, 1.54) is 12.8 Å². The van der Waals surface area contributed by atoms with E-state index in [1.807, 2.05) is 32.0 Å². The maximum atomic E-state index is 12.3. The summed E-state index contributed by atoms with van der Waals surface area (Å²) in [4.78, 5) is 12.3. The molecule has 2 aromatic rings. The molecule has 0 saturated heterocycles. The molecule has 1 aliphatic carbocycles. The maximum Gasteiger partial charge on any atom is 0.271 e. The summed E-state index contributed by atoms with van der Waals surface area (Å²) in [5, 5.41) is 11.0. The number of halogens is 2. The third-order valence-electron chi connectivity index (χ3n) is 4.24. The molecule has 0 bridgehead atoms. The van der Waals surface area contributed by atoms with Crippen molar-refractivity contribution in [3.8, 4) is 0 Å². The van der Waals surface area contributed by atoms with Crippen LogP contribution >= 0.6 is 23.2 Å². The van der Waals surface area contributed by atoms with Gasteiger partial charge in [0.05, 0.1) is 10.0 Å². The van der Waals surface area contributed by atoms with Gasteiger partial charge in [0.25, 0.3) is 5.91 Å². The predicted octanol–water partition coefficient (Wildman–Crippen LogP) is 4.30. The Balaban J connectivity index is 1.65. The van der Waals surface area contributed by atoms with Crippen LogP contribution < -0.4 is 5.32 Å². The number of carbonyl (C=O) groups excluding carboxylic acids is 1. The second-order valence-corrected chi connectivity index (χ2v) is 7.49. The number of carbonyl (C=O) groups is 1. The molecule has 4 nitrogen and oxygen atoms in total. The Hall–Kier alpha value is -1.52. The number of hydrogen-bond donors (Lipinski definition) is 2. The molecule has 0 radical (unpaired) electrons. The molecule has 2 N–H and O–H groups in total. The van der Waals surface area contributed by atoms with E-state index >= 15 is 0 Å².